The molecule has 0 aliphatic carbocycles. The van der Waals surface area contributed by atoms with Crippen LogP contribution in [0.5, 0.6) is 0 Å². The van der Waals surface area contributed by atoms with E-state index in [0.29, 0.717) is 6.17 Å². The van der Waals surface area contributed by atoms with Gasteiger partial charge in [-0.25, -0.2) is 10.0 Å². The Kier molecular flexibility index (Phi) is 9.54. The van der Waals surface area contributed by atoms with E-state index in [1.54, 1.807) is 0 Å². The number of hydrazine groups is 1. The third-order valence-electron chi connectivity index (χ3n) is 5.13. The molecule has 0 bridgehead atoms. The molecule has 1 atom stereocenters. The highest BCUT2D eigenvalue weighted by Gasteiger charge is 2.27. The molecule has 3 nitrogen and oxygen atoms in total. The fraction of sp³-hybridized carbons (Fsp3) is 0.500. The summed E-state index contributed by atoms with van der Waals surface area (Å²) in [5, 5.41) is 5.10. The molecule has 0 saturated carbocycles. The van der Waals surface area contributed by atoms with Crippen LogP contribution in [0.15, 0.2) is 60.7 Å². The van der Waals surface area contributed by atoms with E-state index in [4.69, 9.17) is 0 Å². The Morgan fingerprint density at radius 1 is 0.704 bits per heavy atom. The molecule has 0 spiro atoms. The fourth-order valence-electron chi connectivity index (χ4n) is 3.85. The molecule has 0 heterocycles. The highest BCUT2D eigenvalue weighted by Crippen LogP contribution is 2.20. The van der Waals surface area contributed by atoms with Crippen LogP contribution in [0.1, 0.15) is 51.7 Å². The number of hydrogen-bond donors (Lipinski definition) is 0. The minimum absolute atomic E-state index is 0.394. The van der Waals surface area contributed by atoms with Crippen LogP contribution < -0.4 is 0 Å². The summed E-state index contributed by atoms with van der Waals surface area (Å²) in [6.45, 7) is 14.3. The number of hydrogen-bond acceptors (Lipinski definition) is 3. The largest absolute Gasteiger partial charge is 0.278 e. The lowest BCUT2D eigenvalue weighted by Gasteiger charge is -2.44. The van der Waals surface area contributed by atoms with E-state index >= 15 is 0 Å². The lowest BCUT2D eigenvalue weighted by Crippen LogP contribution is -2.55. The van der Waals surface area contributed by atoms with E-state index in [0.717, 1.165) is 45.6 Å². The zero-order valence-electron chi connectivity index (χ0n) is 17.6. The average Bonchev–Trinajstić information content (AvgIpc) is 2.71. The average molecular weight is 368 g/mol. The summed E-state index contributed by atoms with van der Waals surface area (Å²) in [4.78, 5) is 2.64. The summed E-state index contributed by atoms with van der Waals surface area (Å²) in [6.07, 6.45) is 2.67. The lowest BCUT2D eigenvalue weighted by atomic mass is 10.1. The van der Waals surface area contributed by atoms with Gasteiger partial charge in [0, 0.05) is 32.7 Å². The van der Waals surface area contributed by atoms with Crippen molar-refractivity contribution in [3.63, 3.8) is 0 Å². The smallest absolute Gasteiger partial charge is 0.0763 e. The normalized spacial score (nSPS) is 12.9. The molecular weight excluding hydrogens is 330 g/mol. The van der Waals surface area contributed by atoms with Crippen LogP contribution in [0.4, 0.5) is 0 Å². The van der Waals surface area contributed by atoms with Gasteiger partial charge in [-0.2, -0.15) is 0 Å². The van der Waals surface area contributed by atoms with Crippen molar-refractivity contribution >= 4 is 0 Å². The molecule has 27 heavy (non-hydrogen) atoms. The number of rotatable bonds is 12. The summed E-state index contributed by atoms with van der Waals surface area (Å²) in [7, 11) is 0. The summed E-state index contributed by atoms with van der Waals surface area (Å²) in [6, 6.07) is 21.7. The first kappa shape index (κ1) is 21.6. The number of benzene rings is 2. The van der Waals surface area contributed by atoms with Gasteiger partial charge in [0.1, 0.15) is 0 Å². The molecule has 0 N–H and O–H groups in total. The summed E-state index contributed by atoms with van der Waals surface area (Å²) in [5.41, 5.74) is 2.76. The Hall–Kier alpha value is -1.68. The zero-order chi connectivity index (χ0) is 19.5. The molecule has 1 unspecified atom stereocenters. The molecule has 0 amide bonds. The van der Waals surface area contributed by atoms with Crippen molar-refractivity contribution in [1.29, 1.82) is 0 Å². The predicted molar refractivity (Wildman–Crippen MR) is 116 cm³/mol. The quantitative estimate of drug-likeness (QED) is 0.368. The van der Waals surface area contributed by atoms with Crippen LogP contribution in [0, 0.1) is 0 Å². The Morgan fingerprint density at radius 3 is 1.56 bits per heavy atom. The highest BCUT2D eigenvalue weighted by molar-refractivity contribution is 5.17. The van der Waals surface area contributed by atoms with Crippen molar-refractivity contribution < 1.29 is 0 Å². The SMILES string of the molecule is CCCN(C(CC)N(Cc1ccccc1)Cc1ccccc1)N(CC)CC. The molecule has 0 saturated heterocycles. The molecule has 2 rings (SSSR count). The van der Waals surface area contributed by atoms with Crippen molar-refractivity contribution in [2.45, 2.75) is 59.8 Å². The van der Waals surface area contributed by atoms with Crippen molar-refractivity contribution in [1.82, 2.24) is 14.9 Å². The maximum absolute atomic E-state index is 2.64. The summed E-state index contributed by atoms with van der Waals surface area (Å²) >= 11 is 0. The Labute approximate surface area is 166 Å². The molecule has 148 valence electrons. The molecule has 0 radical (unpaired) electrons. The van der Waals surface area contributed by atoms with E-state index < -0.39 is 0 Å². The Morgan fingerprint density at radius 2 is 1.19 bits per heavy atom. The first-order valence-electron chi connectivity index (χ1n) is 10.6. The second-order valence-corrected chi connectivity index (χ2v) is 7.07. The van der Waals surface area contributed by atoms with Gasteiger partial charge in [0.05, 0.1) is 6.17 Å². The second kappa shape index (κ2) is 11.9. The van der Waals surface area contributed by atoms with E-state index in [2.05, 4.69) is 103 Å². The molecule has 2 aromatic carbocycles. The van der Waals surface area contributed by atoms with Crippen LogP contribution >= 0.6 is 0 Å². The molecular formula is C24H37N3. The predicted octanol–water partition coefficient (Wildman–Crippen LogP) is 5.39. The van der Waals surface area contributed by atoms with Crippen molar-refractivity contribution in [3.8, 4) is 0 Å². The van der Waals surface area contributed by atoms with Gasteiger partial charge in [0.15, 0.2) is 0 Å². The lowest BCUT2D eigenvalue weighted by molar-refractivity contribution is -0.116. The monoisotopic (exact) mass is 367 g/mol. The first-order chi connectivity index (χ1) is 13.2. The highest BCUT2D eigenvalue weighted by atomic mass is 15.7. The van der Waals surface area contributed by atoms with Crippen LogP contribution in [0.3, 0.4) is 0 Å². The van der Waals surface area contributed by atoms with E-state index in [1.165, 1.54) is 11.1 Å². The van der Waals surface area contributed by atoms with Gasteiger partial charge in [0.2, 0.25) is 0 Å². The fourth-order valence-corrected chi connectivity index (χ4v) is 3.85. The molecule has 0 aliphatic heterocycles. The van der Waals surface area contributed by atoms with Gasteiger partial charge >= 0.3 is 0 Å². The second-order valence-electron chi connectivity index (χ2n) is 7.07. The molecule has 3 heteroatoms. The molecule has 2 aromatic rings. The Bertz CT molecular complexity index is 569. The van der Waals surface area contributed by atoms with Crippen molar-refractivity contribution in [3.05, 3.63) is 71.8 Å². The third kappa shape index (κ3) is 6.46. The summed E-state index contributed by atoms with van der Waals surface area (Å²) in [5.74, 6) is 0. The van der Waals surface area contributed by atoms with Crippen LogP contribution in [-0.4, -0.2) is 40.7 Å². The van der Waals surface area contributed by atoms with Crippen LogP contribution in [-0.2, 0) is 13.1 Å². The maximum atomic E-state index is 2.64. The minimum Gasteiger partial charge on any atom is -0.278 e. The van der Waals surface area contributed by atoms with Gasteiger partial charge in [0.25, 0.3) is 0 Å². The topological polar surface area (TPSA) is 9.72 Å². The van der Waals surface area contributed by atoms with Gasteiger partial charge in [-0.05, 0) is 24.0 Å². The van der Waals surface area contributed by atoms with E-state index in [-0.39, 0.29) is 0 Å². The maximum Gasteiger partial charge on any atom is 0.0763 e. The first-order valence-corrected chi connectivity index (χ1v) is 10.6. The van der Waals surface area contributed by atoms with Gasteiger partial charge < -0.3 is 0 Å². The zero-order valence-corrected chi connectivity index (χ0v) is 17.6. The van der Waals surface area contributed by atoms with Crippen LogP contribution in [0.25, 0.3) is 0 Å². The van der Waals surface area contributed by atoms with Gasteiger partial charge in [-0.3, -0.25) is 4.90 Å². The third-order valence-corrected chi connectivity index (χ3v) is 5.13. The standard InChI is InChI=1S/C24H37N3/c1-5-19-27(26(7-3)8-4)24(6-2)25(20-22-15-11-9-12-16-22)21-23-17-13-10-14-18-23/h9-18,24H,5-8,19-21H2,1-4H3. The molecule has 0 aliphatic rings. The molecule has 0 fully saturated rings. The molecule has 0 aromatic heterocycles. The van der Waals surface area contributed by atoms with Gasteiger partial charge in [-0.1, -0.05) is 88.4 Å². The van der Waals surface area contributed by atoms with Crippen LogP contribution in [0.2, 0.25) is 0 Å². The van der Waals surface area contributed by atoms with Crippen molar-refractivity contribution in [2.24, 2.45) is 0 Å². The van der Waals surface area contributed by atoms with E-state index in [9.17, 15) is 0 Å². The summed E-state index contributed by atoms with van der Waals surface area (Å²) < 4.78 is 0. The Balaban J connectivity index is 2.31. The minimum atomic E-state index is 0.394. The number of nitrogens with zero attached hydrogens (tertiary/aromatic N) is 3. The van der Waals surface area contributed by atoms with Gasteiger partial charge in [-0.15, -0.1) is 0 Å². The van der Waals surface area contributed by atoms with Crippen molar-refractivity contribution in [2.75, 3.05) is 19.6 Å². The van der Waals surface area contributed by atoms with E-state index in [1.807, 2.05) is 0 Å².